The Balaban J connectivity index is 1.36. The highest BCUT2D eigenvalue weighted by molar-refractivity contribution is 6.01. The van der Waals surface area contributed by atoms with Gasteiger partial charge in [-0.15, -0.1) is 15.3 Å². The highest BCUT2D eigenvalue weighted by Gasteiger charge is 2.07. The number of hydrogen-bond donors (Lipinski definition) is 1. The molecule has 0 aliphatic carbocycles. The van der Waals surface area contributed by atoms with Crippen molar-refractivity contribution in [3.8, 4) is 0 Å². The first-order valence-corrected chi connectivity index (χ1v) is 11.8. The lowest BCUT2D eigenvalue weighted by molar-refractivity contribution is 1.23. The van der Waals surface area contributed by atoms with Crippen molar-refractivity contribution in [3.05, 3.63) is 115 Å². The average molecular weight is 466 g/mol. The zero-order valence-electron chi connectivity index (χ0n) is 19.8. The normalized spacial score (nSPS) is 11.8. The van der Waals surface area contributed by atoms with E-state index in [0.717, 1.165) is 55.4 Å². The van der Waals surface area contributed by atoms with Crippen LogP contribution in [0.3, 0.4) is 0 Å². The molecule has 0 radical (unpaired) electrons. The van der Waals surface area contributed by atoms with Gasteiger partial charge in [-0.05, 0) is 47.2 Å². The first kappa shape index (κ1) is 21.6. The second kappa shape index (κ2) is 9.39. The Morgan fingerprint density at radius 3 is 1.58 bits per heavy atom. The molecule has 0 atom stereocenters. The Morgan fingerprint density at radius 2 is 0.944 bits per heavy atom. The number of fused-ring (bicyclic) bond motifs is 3. The summed E-state index contributed by atoms with van der Waals surface area (Å²) in [7, 11) is 1.92. The van der Waals surface area contributed by atoms with E-state index in [1.165, 1.54) is 5.39 Å². The molecule has 5 nitrogen and oxygen atoms in total. The van der Waals surface area contributed by atoms with Crippen molar-refractivity contribution >= 4 is 60.8 Å². The number of benzene rings is 6. The summed E-state index contributed by atoms with van der Waals surface area (Å²) < 4.78 is 0. The quantitative estimate of drug-likeness (QED) is 0.253. The first-order chi connectivity index (χ1) is 17.8. The van der Waals surface area contributed by atoms with Gasteiger partial charge in [-0.2, -0.15) is 5.11 Å². The Bertz CT molecular complexity index is 1790. The lowest BCUT2D eigenvalue weighted by Gasteiger charge is -2.08. The summed E-state index contributed by atoms with van der Waals surface area (Å²) in [6.45, 7) is 0. The molecule has 0 fully saturated rings. The van der Waals surface area contributed by atoms with Crippen molar-refractivity contribution in [3.63, 3.8) is 0 Å². The van der Waals surface area contributed by atoms with Gasteiger partial charge >= 0.3 is 0 Å². The first-order valence-electron chi connectivity index (χ1n) is 11.8. The van der Waals surface area contributed by atoms with Gasteiger partial charge < -0.3 is 5.32 Å². The summed E-state index contributed by atoms with van der Waals surface area (Å²) in [6, 6.07) is 38.6. The molecule has 0 aliphatic heterocycles. The van der Waals surface area contributed by atoms with E-state index in [-0.39, 0.29) is 0 Å². The fourth-order valence-electron chi connectivity index (χ4n) is 4.49. The van der Waals surface area contributed by atoms with Crippen LogP contribution < -0.4 is 5.32 Å². The van der Waals surface area contributed by atoms with E-state index in [9.17, 15) is 0 Å². The third kappa shape index (κ3) is 4.07. The van der Waals surface area contributed by atoms with E-state index in [1.54, 1.807) is 0 Å². The molecule has 5 heteroatoms. The molecule has 0 aromatic heterocycles. The zero-order chi connectivity index (χ0) is 24.3. The number of nitrogens with zero attached hydrogens (tertiary/aromatic N) is 4. The largest absolute Gasteiger partial charge is 0.388 e. The molecule has 0 aliphatic rings. The predicted molar refractivity (Wildman–Crippen MR) is 150 cm³/mol. The smallest absolute Gasteiger partial charge is 0.0936 e. The van der Waals surface area contributed by atoms with Gasteiger partial charge in [-0.1, -0.05) is 78.9 Å². The number of rotatable bonds is 5. The third-order valence-electron chi connectivity index (χ3n) is 6.32. The molecule has 0 amide bonds. The highest BCUT2D eigenvalue weighted by Crippen LogP contribution is 2.37. The Labute approximate surface area is 208 Å². The summed E-state index contributed by atoms with van der Waals surface area (Å²) in [6.07, 6.45) is 0. The van der Waals surface area contributed by atoms with Crippen molar-refractivity contribution in [2.24, 2.45) is 20.5 Å². The molecule has 6 aromatic carbocycles. The number of anilines is 1. The van der Waals surface area contributed by atoms with Crippen LogP contribution in [0.4, 0.5) is 28.4 Å². The maximum Gasteiger partial charge on any atom is 0.0936 e. The number of nitrogens with one attached hydrogen (secondary N) is 1. The SMILES string of the molecule is CNc1ccc(N=Nc2ccc(N=Nc3ccc4ccccc4c3)c3ccccc23)c2ccccc12. The summed E-state index contributed by atoms with van der Waals surface area (Å²) in [5.41, 5.74) is 4.29. The van der Waals surface area contributed by atoms with E-state index in [4.69, 9.17) is 0 Å². The van der Waals surface area contributed by atoms with E-state index in [1.807, 2.05) is 92.0 Å². The fraction of sp³-hybridized carbons (Fsp3) is 0.0323. The zero-order valence-corrected chi connectivity index (χ0v) is 19.8. The molecular weight excluding hydrogens is 442 g/mol. The monoisotopic (exact) mass is 465 g/mol. The molecule has 0 saturated carbocycles. The summed E-state index contributed by atoms with van der Waals surface area (Å²) >= 11 is 0. The topological polar surface area (TPSA) is 61.5 Å². The van der Waals surface area contributed by atoms with Crippen LogP contribution in [-0.4, -0.2) is 7.05 Å². The van der Waals surface area contributed by atoms with Gasteiger partial charge in [-0.25, -0.2) is 0 Å². The standard InChI is InChI=1S/C31H23N5/c1-32-28-16-17-30(25-11-5-4-10-24(25)28)35-36-31-19-18-29(26-12-6-7-13-27(26)31)34-33-23-15-14-21-8-2-3-9-22(21)20-23/h2-20,32H,1H3. The molecular formula is C31H23N5. The van der Waals surface area contributed by atoms with E-state index >= 15 is 0 Å². The molecule has 0 spiro atoms. The van der Waals surface area contributed by atoms with Crippen LogP contribution in [0, 0.1) is 0 Å². The van der Waals surface area contributed by atoms with Crippen LogP contribution in [0.25, 0.3) is 32.3 Å². The molecule has 0 unspecified atom stereocenters. The number of azo groups is 2. The maximum absolute atomic E-state index is 4.64. The van der Waals surface area contributed by atoms with Crippen molar-refractivity contribution in [1.29, 1.82) is 0 Å². The predicted octanol–water partition coefficient (Wildman–Crippen LogP) is 10.0. The Hall–Kier alpha value is -4.90. The lowest BCUT2D eigenvalue weighted by atomic mass is 10.1. The minimum absolute atomic E-state index is 0.789. The van der Waals surface area contributed by atoms with Crippen molar-refractivity contribution < 1.29 is 0 Å². The van der Waals surface area contributed by atoms with Crippen molar-refractivity contribution in [2.75, 3.05) is 12.4 Å². The van der Waals surface area contributed by atoms with Crippen LogP contribution in [0.15, 0.2) is 136 Å². The van der Waals surface area contributed by atoms with Crippen LogP contribution in [0.2, 0.25) is 0 Å². The van der Waals surface area contributed by atoms with Gasteiger partial charge in [0.25, 0.3) is 0 Å². The highest BCUT2D eigenvalue weighted by atomic mass is 15.1. The van der Waals surface area contributed by atoms with Crippen LogP contribution in [-0.2, 0) is 0 Å². The minimum Gasteiger partial charge on any atom is -0.388 e. The third-order valence-corrected chi connectivity index (χ3v) is 6.32. The van der Waals surface area contributed by atoms with E-state index in [0.29, 0.717) is 0 Å². The molecule has 6 aromatic rings. The van der Waals surface area contributed by atoms with Gasteiger partial charge in [0.2, 0.25) is 0 Å². The average Bonchev–Trinajstić information content (AvgIpc) is 2.95. The summed E-state index contributed by atoms with van der Waals surface area (Å²) in [4.78, 5) is 0. The molecule has 0 bridgehead atoms. The summed E-state index contributed by atoms with van der Waals surface area (Å²) in [5.74, 6) is 0. The second-order valence-electron chi connectivity index (χ2n) is 8.51. The van der Waals surface area contributed by atoms with Gasteiger partial charge in [0.1, 0.15) is 0 Å². The Kier molecular flexibility index (Phi) is 5.64. The van der Waals surface area contributed by atoms with Crippen LogP contribution in [0.5, 0.6) is 0 Å². The van der Waals surface area contributed by atoms with Gasteiger partial charge in [0.15, 0.2) is 0 Å². The second-order valence-corrected chi connectivity index (χ2v) is 8.51. The maximum atomic E-state index is 4.64. The number of hydrogen-bond acceptors (Lipinski definition) is 5. The van der Waals surface area contributed by atoms with Gasteiger partial charge in [0, 0.05) is 34.3 Å². The molecule has 172 valence electrons. The van der Waals surface area contributed by atoms with Gasteiger partial charge in [-0.3, -0.25) is 0 Å². The minimum atomic E-state index is 0.789. The fourth-order valence-corrected chi connectivity index (χ4v) is 4.49. The molecule has 0 saturated heterocycles. The van der Waals surface area contributed by atoms with E-state index < -0.39 is 0 Å². The lowest BCUT2D eigenvalue weighted by Crippen LogP contribution is -1.88. The van der Waals surface area contributed by atoms with Crippen LogP contribution >= 0.6 is 0 Å². The molecule has 6 rings (SSSR count). The molecule has 36 heavy (non-hydrogen) atoms. The van der Waals surface area contributed by atoms with Crippen molar-refractivity contribution in [1.82, 2.24) is 0 Å². The van der Waals surface area contributed by atoms with E-state index in [2.05, 4.69) is 56.1 Å². The van der Waals surface area contributed by atoms with Crippen molar-refractivity contribution in [2.45, 2.75) is 0 Å². The van der Waals surface area contributed by atoms with Crippen LogP contribution in [0.1, 0.15) is 0 Å². The Morgan fingerprint density at radius 1 is 0.444 bits per heavy atom. The van der Waals surface area contributed by atoms with Gasteiger partial charge in [0.05, 0.1) is 22.7 Å². The molecule has 1 N–H and O–H groups in total. The summed E-state index contributed by atoms with van der Waals surface area (Å²) in [5, 5.41) is 28.1. The molecule has 0 heterocycles.